The Labute approximate surface area is 117 Å². The Morgan fingerprint density at radius 3 is 2.89 bits per heavy atom. The Bertz CT molecular complexity index is 394. The summed E-state index contributed by atoms with van der Waals surface area (Å²) in [6.45, 7) is 8.60. The van der Waals surface area contributed by atoms with Crippen LogP contribution in [-0.2, 0) is 0 Å². The summed E-state index contributed by atoms with van der Waals surface area (Å²) < 4.78 is 5.96. The molecule has 2 heteroatoms. The van der Waals surface area contributed by atoms with Crippen molar-refractivity contribution in [2.75, 3.05) is 13.2 Å². The zero-order valence-electron chi connectivity index (χ0n) is 12.5. The van der Waals surface area contributed by atoms with E-state index in [1.807, 2.05) is 0 Å². The van der Waals surface area contributed by atoms with Crippen LogP contribution < -0.4 is 10.1 Å². The second kappa shape index (κ2) is 6.95. The minimum Gasteiger partial charge on any atom is -0.493 e. The van der Waals surface area contributed by atoms with Gasteiger partial charge in [-0.05, 0) is 62.3 Å². The standard InChI is InChI=1S/C17H27NO/c1-13(2)15-9-8-14(3)17(12-15)19-11-5-7-16-6-4-10-18-16/h8-9,12-13,16,18H,4-7,10-11H2,1-3H3. The van der Waals surface area contributed by atoms with Crippen LogP contribution in [0.15, 0.2) is 18.2 Å². The Kier molecular flexibility index (Phi) is 5.26. The molecule has 1 aromatic rings. The van der Waals surface area contributed by atoms with Crippen LogP contribution in [0.2, 0.25) is 0 Å². The minimum atomic E-state index is 0.561. The maximum Gasteiger partial charge on any atom is 0.122 e. The average molecular weight is 261 g/mol. The SMILES string of the molecule is Cc1ccc(C(C)C)cc1OCCCC1CCCN1. The molecule has 1 aliphatic heterocycles. The number of ether oxygens (including phenoxy) is 1. The molecular formula is C17H27NO. The third kappa shape index (κ3) is 4.24. The van der Waals surface area contributed by atoms with Crippen LogP contribution in [0.1, 0.15) is 56.6 Å². The quantitative estimate of drug-likeness (QED) is 0.781. The van der Waals surface area contributed by atoms with Gasteiger partial charge in [0.2, 0.25) is 0 Å². The van der Waals surface area contributed by atoms with E-state index in [0.717, 1.165) is 24.8 Å². The number of nitrogens with one attached hydrogen (secondary N) is 1. The Morgan fingerprint density at radius 2 is 2.21 bits per heavy atom. The maximum absolute atomic E-state index is 5.96. The molecule has 1 atom stereocenters. The number of aryl methyl sites for hydroxylation is 1. The summed E-state index contributed by atoms with van der Waals surface area (Å²) in [5.41, 5.74) is 2.60. The summed E-state index contributed by atoms with van der Waals surface area (Å²) in [6.07, 6.45) is 5.05. The molecule has 1 saturated heterocycles. The van der Waals surface area contributed by atoms with E-state index in [4.69, 9.17) is 4.74 Å². The molecule has 1 fully saturated rings. The number of hydrogen-bond donors (Lipinski definition) is 1. The fourth-order valence-corrected chi connectivity index (χ4v) is 2.65. The van der Waals surface area contributed by atoms with Gasteiger partial charge >= 0.3 is 0 Å². The highest BCUT2D eigenvalue weighted by molar-refractivity contribution is 5.37. The number of benzene rings is 1. The first kappa shape index (κ1) is 14.4. The molecule has 1 aromatic carbocycles. The van der Waals surface area contributed by atoms with Gasteiger partial charge in [-0.2, -0.15) is 0 Å². The molecule has 2 nitrogen and oxygen atoms in total. The van der Waals surface area contributed by atoms with Crippen LogP contribution in [0.5, 0.6) is 5.75 Å². The molecular weight excluding hydrogens is 234 g/mol. The van der Waals surface area contributed by atoms with Crippen molar-refractivity contribution in [2.24, 2.45) is 0 Å². The predicted octanol–water partition coefficient (Wildman–Crippen LogP) is 4.03. The van der Waals surface area contributed by atoms with Gasteiger partial charge in [-0.3, -0.25) is 0 Å². The number of hydrogen-bond acceptors (Lipinski definition) is 2. The van der Waals surface area contributed by atoms with E-state index in [2.05, 4.69) is 44.3 Å². The summed E-state index contributed by atoms with van der Waals surface area (Å²) >= 11 is 0. The second-order valence-corrected chi connectivity index (χ2v) is 5.96. The van der Waals surface area contributed by atoms with Crippen molar-refractivity contribution in [1.29, 1.82) is 0 Å². The zero-order chi connectivity index (χ0) is 13.7. The summed E-state index contributed by atoms with van der Waals surface area (Å²) in [5.74, 6) is 1.62. The highest BCUT2D eigenvalue weighted by Gasteiger charge is 2.13. The van der Waals surface area contributed by atoms with E-state index in [1.54, 1.807) is 0 Å². The van der Waals surface area contributed by atoms with E-state index < -0.39 is 0 Å². The Morgan fingerprint density at radius 1 is 1.37 bits per heavy atom. The van der Waals surface area contributed by atoms with Crippen molar-refractivity contribution in [3.63, 3.8) is 0 Å². The smallest absolute Gasteiger partial charge is 0.122 e. The molecule has 0 bridgehead atoms. The maximum atomic E-state index is 5.96. The first-order valence-electron chi connectivity index (χ1n) is 7.63. The van der Waals surface area contributed by atoms with Crippen LogP contribution in [0.4, 0.5) is 0 Å². The van der Waals surface area contributed by atoms with Crippen molar-refractivity contribution in [1.82, 2.24) is 5.32 Å². The van der Waals surface area contributed by atoms with Gasteiger partial charge in [-0.1, -0.05) is 26.0 Å². The van der Waals surface area contributed by atoms with Gasteiger partial charge in [0.05, 0.1) is 6.61 Å². The monoisotopic (exact) mass is 261 g/mol. The largest absolute Gasteiger partial charge is 0.493 e. The summed E-state index contributed by atoms with van der Waals surface area (Å²) in [5, 5.41) is 3.54. The van der Waals surface area contributed by atoms with Crippen molar-refractivity contribution in [2.45, 2.75) is 58.4 Å². The molecule has 1 heterocycles. The predicted molar refractivity (Wildman–Crippen MR) is 81.0 cm³/mol. The molecule has 0 spiro atoms. The first-order chi connectivity index (χ1) is 9.16. The molecule has 1 unspecified atom stereocenters. The fraction of sp³-hybridized carbons (Fsp3) is 0.647. The van der Waals surface area contributed by atoms with Crippen LogP contribution >= 0.6 is 0 Å². The fourth-order valence-electron chi connectivity index (χ4n) is 2.65. The zero-order valence-corrected chi connectivity index (χ0v) is 12.5. The van der Waals surface area contributed by atoms with Crippen LogP contribution in [-0.4, -0.2) is 19.2 Å². The summed E-state index contributed by atoms with van der Waals surface area (Å²) in [7, 11) is 0. The molecule has 19 heavy (non-hydrogen) atoms. The molecule has 0 radical (unpaired) electrons. The third-order valence-electron chi connectivity index (χ3n) is 4.00. The lowest BCUT2D eigenvalue weighted by atomic mass is 10.0. The van der Waals surface area contributed by atoms with Gasteiger partial charge in [-0.15, -0.1) is 0 Å². The average Bonchev–Trinajstić information content (AvgIpc) is 2.89. The normalized spacial score (nSPS) is 19.1. The Hall–Kier alpha value is -1.02. The highest BCUT2D eigenvalue weighted by atomic mass is 16.5. The van der Waals surface area contributed by atoms with Gasteiger partial charge in [0, 0.05) is 6.04 Å². The van der Waals surface area contributed by atoms with E-state index in [9.17, 15) is 0 Å². The summed E-state index contributed by atoms with van der Waals surface area (Å²) in [6, 6.07) is 7.30. The Balaban J connectivity index is 1.79. The number of rotatable bonds is 6. The van der Waals surface area contributed by atoms with Crippen molar-refractivity contribution < 1.29 is 4.74 Å². The summed E-state index contributed by atoms with van der Waals surface area (Å²) in [4.78, 5) is 0. The topological polar surface area (TPSA) is 21.3 Å². The highest BCUT2D eigenvalue weighted by Crippen LogP contribution is 2.24. The third-order valence-corrected chi connectivity index (χ3v) is 4.00. The van der Waals surface area contributed by atoms with Crippen molar-refractivity contribution >= 4 is 0 Å². The van der Waals surface area contributed by atoms with Crippen LogP contribution in [0.25, 0.3) is 0 Å². The van der Waals surface area contributed by atoms with E-state index in [-0.39, 0.29) is 0 Å². The van der Waals surface area contributed by atoms with Gasteiger partial charge in [0.1, 0.15) is 5.75 Å². The van der Waals surface area contributed by atoms with Gasteiger partial charge < -0.3 is 10.1 Å². The van der Waals surface area contributed by atoms with Crippen molar-refractivity contribution in [3.05, 3.63) is 29.3 Å². The lowest BCUT2D eigenvalue weighted by Gasteiger charge is -2.14. The first-order valence-corrected chi connectivity index (χ1v) is 7.63. The van der Waals surface area contributed by atoms with Crippen LogP contribution in [0.3, 0.4) is 0 Å². The molecule has 0 saturated carbocycles. The van der Waals surface area contributed by atoms with Crippen LogP contribution in [0, 0.1) is 6.92 Å². The molecule has 1 N–H and O–H groups in total. The lowest BCUT2D eigenvalue weighted by Crippen LogP contribution is -2.21. The van der Waals surface area contributed by atoms with Gasteiger partial charge in [0.15, 0.2) is 0 Å². The van der Waals surface area contributed by atoms with E-state index in [1.165, 1.54) is 36.9 Å². The van der Waals surface area contributed by atoms with Gasteiger partial charge in [-0.25, -0.2) is 0 Å². The van der Waals surface area contributed by atoms with E-state index >= 15 is 0 Å². The molecule has 106 valence electrons. The van der Waals surface area contributed by atoms with E-state index in [0.29, 0.717) is 5.92 Å². The second-order valence-electron chi connectivity index (χ2n) is 5.96. The molecule has 0 aliphatic carbocycles. The van der Waals surface area contributed by atoms with Gasteiger partial charge in [0.25, 0.3) is 0 Å². The molecule has 0 aromatic heterocycles. The molecule has 0 amide bonds. The molecule has 2 rings (SSSR count). The lowest BCUT2D eigenvalue weighted by molar-refractivity contribution is 0.297. The minimum absolute atomic E-state index is 0.561. The van der Waals surface area contributed by atoms with Crippen molar-refractivity contribution in [3.8, 4) is 5.75 Å². The molecule has 1 aliphatic rings.